The Kier molecular flexibility index (Phi) is 4.23. The Balaban J connectivity index is 1.51. The van der Waals surface area contributed by atoms with E-state index < -0.39 is 0 Å². The molecule has 0 N–H and O–H groups in total. The molecule has 0 radical (unpaired) electrons. The SMILES string of the molecule is O=C(N(Cc1ccccc1Cl)c1ccccn1)C12CC3CC(CC(C3)C1)C2. The molecule has 4 bridgehead atoms. The van der Waals surface area contributed by atoms with Crippen LogP contribution in [-0.2, 0) is 11.3 Å². The second kappa shape index (κ2) is 6.63. The topological polar surface area (TPSA) is 33.2 Å². The normalized spacial score (nSPS) is 31.1. The summed E-state index contributed by atoms with van der Waals surface area (Å²) in [5.41, 5.74) is 0.788. The molecule has 4 aliphatic rings. The molecule has 3 nitrogen and oxygen atoms in total. The average Bonchev–Trinajstić information content (AvgIpc) is 2.66. The standard InChI is InChI=1S/C23H25ClN2O/c24-20-6-2-1-5-19(20)15-26(21-7-3-4-8-25-21)22(27)23-12-16-9-17(13-23)11-18(10-16)14-23/h1-8,16-18H,9-15H2. The number of amides is 1. The monoisotopic (exact) mass is 380 g/mol. The van der Waals surface area contributed by atoms with E-state index in [2.05, 4.69) is 4.98 Å². The van der Waals surface area contributed by atoms with E-state index in [1.165, 1.54) is 19.3 Å². The van der Waals surface area contributed by atoms with Crippen molar-refractivity contribution in [2.45, 2.75) is 45.1 Å². The van der Waals surface area contributed by atoms with Gasteiger partial charge >= 0.3 is 0 Å². The van der Waals surface area contributed by atoms with Gasteiger partial charge in [0.15, 0.2) is 0 Å². The van der Waals surface area contributed by atoms with E-state index in [1.54, 1.807) is 6.20 Å². The number of hydrogen-bond acceptors (Lipinski definition) is 2. The molecule has 0 spiro atoms. The van der Waals surface area contributed by atoms with Crippen molar-refractivity contribution in [3.8, 4) is 0 Å². The number of aromatic nitrogens is 1. The lowest BCUT2D eigenvalue weighted by molar-refractivity contribution is -0.143. The summed E-state index contributed by atoms with van der Waals surface area (Å²) in [5.74, 6) is 3.22. The Bertz CT molecular complexity index is 815. The summed E-state index contributed by atoms with van der Waals surface area (Å²) in [6.07, 6.45) is 8.95. The molecule has 4 heteroatoms. The third-order valence-corrected chi connectivity index (χ3v) is 7.32. The first-order chi connectivity index (χ1) is 13.1. The van der Waals surface area contributed by atoms with Gasteiger partial charge in [0.05, 0.1) is 12.0 Å². The van der Waals surface area contributed by atoms with Crippen LogP contribution in [0, 0.1) is 23.2 Å². The van der Waals surface area contributed by atoms with E-state index >= 15 is 0 Å². The number of pyridine rings is 1. The van der Waals surface area contributed by atoms with Crippen LogP contribution in [-0.4, -0.2) is 10.9 Å². The minimum absolute atomic E-state index is 0.187. The molecule has 0 unspecified atom stereocenters. The van der Waals surface area contributed by atoms with E-state index in [9.17, 15) is 4.79 Å². The first kappa shape index (κ1) is 17.2. The van der Waals surface area contributed by atoms with Crippen LogP contribution in [0.5, 0.6) is 0 Å². The molecular formula is C23H25ClN2O. The Morgan fingerprint density at radius 2 is 1.63 bits per heavy atom. The van der Waals surface area contributed by atoms with Gasteiger partial charge in [-0.3, -0.25) is 9.69 Å². The molecule has 1 heterocycles. The van der Waals surface area contributed by atoms with Gasteiger partial charge in [-0.05, 0) is 80.0 Å². The summed E-state index contributed by atoms with van der Waals surface area (Å²) in [5, 5.41) is 0.705. The first-order valence-corrected chi connectivity index (χ1v) is 10.5. The summed E-state index contributed by atoms with van der Waals surface area (Å²) in [6.45, 7) is 0.483. The molecule has 4 aliphatic carbocycles. The molecule has 4 saturated carbocycles. The van der Waals surface area contributed by atoms with E-state index in [0.717, 1.165) is 48.4 Å². The van der Waals surface area contributed by atoms with Gasteiger partial charge in [0.25, 0.3) is 0 Å². The summed E-state index contributed by atoms with van der Waals surface area (Å²) >= 11 is 6.42. The highest BCUT2D eigenvalue weighted by Gasteiger charge is 2.55. The van der Waals surface area contributed by atoms with Crippen molar-refractivity contribution in [2.24, 2.45) is 23.2 Å². The fraction of sp³-hybridized carbons (Fsp3) is 0.478. The van der Waals surface area contributed by atoms with E-state index in [4.69, 9.17) is 11.6 Å². The van der Waals surface area contributed by atoms with Crippen molar-refractivity contribution >= 4 is 23.3 Å². The average molecular weight is 381 g/mol. The third kappa shape index (κ3) is 3.06. The largest absolute Gasteiger partial charge is 0.292 e. The lowest BCUT2D eigenvalue weighted by Crippen LogP contribution is -2.54. The van der Waals surface area contributed by atoms with Gasteiger partial charge in [-0.15, -0.1) is 0 Å². The van der Waals surface area contributed by atoms with Gasteiger partial charge in [0.1, 0.15) is 5.82 Å². The number of nitrogens with zero attached hydrogens (tertiary/aromatic N) is 2. The van der Waals surface area contributed by atoms with Crippen molar-refractivity contribution < 1.29 is 4.79 Å². The summed E-state index contributed by atoms with van der Waals surface area (Å²) in [6, 6.07) is 13.6. The smallest absolute Gasteiger partial charge is 0.234 e. The highest BCUT2D eigenvalue weighted by Crippen LogP contribution is 2.60. The second-order valence-electron chi connectivity index (χ2n) is 8.87. The number of rotatable bonds is 4. The molecule has 6 rings (SSSR count). The number of benzene rings is 1. The maximum Gasteiger partial charge on any atom is 0.234 e. The van der Waals surface area contributed by atoms with Crippen LogP contribution in [0.2, 0.25) is 5.02 Å². The number of carbonyl (C=O) groups excluding carboxylic acids is 1. The fourth-order valence-corrected chi connectivity index (χ4v) is 6.42. The molecule has 0 saturated heterocycles. The van der Waals surface area contributed by atoms with Crippen LogP contribution in [0.4, 0.5) is 5.82 Å². The van der Waals surface area contributed by atoms with Crippen molar-refractivity contribution in [2.75, 3.05) is 4.90 Å². The minimum Gasteiger partial charge on any atom is -0.292 e. The lowest BCUT2D eigenvalue weighted by atomic mass is 9.49. The van der Waals surface area contributed by atoms with Crippen LogP contribution < -0.4 is 4.90 Å². The first-order valence-electron chi connectivity index (χ1n) is 10.1. The Morgan fingerprint density at radius 3 is 2.22 bits per heavy atom. The molecule has 4 fully saturated rings. The third-order valence-electron chi connectivity index (χ3n) is 6.95. The van der Waals surface area contributed by atoms with Crippen molar-refractivity contribution in [3.63, 3.8) is 0 Å². The quantitative estimate of drug-likeness (QED) is 0.703. The van der Waals surface area contributed by atoms with Crippen LogP contribution in [0.1, 0.15) is 44.1 Å². The molecular weight excluding hydrogens is 356 g/mol. The van der Waals surface area contributed by atoms with Crippen LogP contribution in [0.3, 0.4) is 0 Å². The van der Waals surface area contributed by atoms with Crippen molar-refractivity contribution in [1.29, 1.82) is 0 Å². The van der Waals surface area contributed by atoms with Crippen LogP contribution >= 0.6 is 11.6 Å². The van der Waals surface area contributed by atoms with Crippen molar-refractivity contribution in [3.05, 3.63) is 59.2 Å². The van der Waals surface area contributed by atoms with Gasteiger partial charge in [0.2, 0.25) is 5.91 Å². The molecule has 140 valence electrons. The van der Waals surface area contributed by atoms with E-state index in [0.29, 0.717) is 11.6 Å². The van der Waals surface area contributed by atoms with Gasteiger partial charge in [-0.2, -0.15) is 0 Å². The molecule has 1 amide bonds. The molecule has 1 aromatic heterocycles. The van der Waals surface area contributed by atoms with Gasteiger partial charge < -0.3 is 0 Å². The number of hydrogen-bond donors (Lipinski definition) is 0. The van der Waals surface area contributed by atoms with Gasteiger partial charge in [-0.25, -0.2) is 4.98 Å². The predicted molar refractivity (Wildman–Crippen MR) is 107 cm³/mol. The summed E-state index contributed by atoms with van der Waals surface area (Å²) in [7, 11) is 0. The second-order valence-corrected chi connectivity index (χ2v) is 9.28. The zero-order valence-electron chi connectivity index (χ0n) is 15.5. The number of anilines is 1. The highest BCUT2D eigenvalue weighted by molar-refractivity contribution is 6.31. The summed E-state index contributed by atoms with van der Waals surface area (Å²) in [4.78, 5) is 20.4. The molecule has 2 aromatic rings. The summed E-state index contributed by atoms with van der Waals surface area (Å²) < 4.78 is 0. The minimum atomic E-state index is -0.187. The Hall–Kier alpha value is -1.87. The van der Waals surface area contributed by atoms with Crippen LogP contribution in [0.15, 0.2) is 48.7 Å². The van der Waals surface area contributed by atoms with Crippen LogP contribution in [0.25, 0.3) is 0 Å². The van der Waals surface area contributed by atoms with Gasteiger partial charge in [-0.1, -0.05) is 35.9 Å². The molecule has 0 atom stereocenters. The van der Waals surface area contributed by atoms with Gasteiger partial charge in [0, 0.05) is 11.2 Å². The maximum absolute atomic E-state index is 14.0. The predicted octanol–water partition coefficient (Wildman–Crippen LogP) is 5.48. The Morgan fingerprint density at radius 1 is 1.00 bits per heavy atom. The molecule has 27 heavy (non-hydrogen) atoms. The van der Waals surface area contributed by atoms with E-state index in [1.807, 2.05) is 47.4 Å². The zero-order chi connectivity index (χ0) is 18.4. The maximum atomic E-state index is 14.0. The molecule has 0 aliphatic heterocycles. The van der Waals surface area contributed by atoms with E-state index in [-0.39, 0.29) is 11.3 Å². The zero-order valence-corrected chi connectivity index (χ0v) is 16.2. The fourth-order valence-electron chi connectivity index (χ4n) is 6.23. The Labute approximate surface area is 165 Å². The number of halogens is 1. The van der Waals surface area contributed by atoms with Crippen molar-refractivity contribution in [1.82, 2.24) is 4.98 Å². The highest BCUT2D eigenvalue weighted by atomic mass is 35.5. The number of carbonyl (C=O) groups is 1. The lowest BCUT2D eigenvalue weighted by Gasteiger charge is -2.56. The molecule has 1 aromatic carbocycles.